The van der Waals surface area contributed by atoms with Crippen LogP contribution in [0.1, 0.15) is 63.4 Å². The van der Waals surface area contributed by atoms with Gasteiger partial charge < -0.3 is 4.90 Å². The smallest absolute Gasteiger partial charge is 0.223 e. The molecule has 1 amide bonds. The fraction of sp³-hybridized carbons (Fsp3) is 0.696. The Morgan fingerprint density at radius 2 is 1.48 bits per heavy atom. The number of likely N-dealkylation sites (tertiary alicyclic amines) is 1. The average Bonchev–Trinajstić information content (AvgIpc) is 2.65. The predicted octanol–water partition coefficient (Wildman–Crippen LogP) is 4.78. The maximum Gasteiger partial charge on any atom is 0.223 e. The van der Waals surface area contributed by atoms with Crippen LogP contribution in [0.4, 0.5) is 0 Å². The van der Waals surface area contributed by atoms with Crippen molar-refractivity contribution in [2.75, 3.05) is 13.1 Å². The summed E-state index contributed by atoms with van der Waals surface area (Å²) in [5.41, 5.74) is 1.59. The molecular weight excluding hydrogens is 306 g/mol. The molecule has 6 rings (SSSR count). The number of nitrogens with zero attached hydrogens (tertiary/aromatic N) is 1. The van der Waals surface area contributed by atoms with E-state index in [0.717, 1.165) is 43.2 Å². The zero-order valence-corrected chi connectivity index (χ0v) is 15.3. The molecule has 134 valence electrons. The van der Waals surface area contributed by atoms with Crippen LogP contribution in [0.25, 0.3) is 0 Å². The van der Waals surface area contributed by atoms with Gasteiger partial charge in [-0.05, 0) is 80.6 Å². The van der Waals surface area contributed by atoms with Crippen molar-refractivity contribution in [2.24, 2.45) is 23.7 Å². The molecule has 1 heterocycles. The van der Waals surface area contributed by atoms with Gasteiger partial charge in [0.2, 0.25) is 5.91 Å². The SMILES string of the molecule is O=C(CC1(c2ccccc2)C2CC3CC(C2)CC1C3)N1CCCCC1. The number of hydrogen-bond donors (Lipinski definition) is 0. The molecule has 0 atom stereocenters. The number of amides is 1. The van der Waals surface area contributed by atoms with E-state index in [1.54, 1.807) is 0 Å². The largest absolute Gasteiger partial charge is 0.343 e. The Bertz CT molecular complexity index is 603. The molecule has 0 unspecified atom stereocenters. The van der Waals surface area contributed by atoms with Gasteiger partial charge >= 0.3 is 0 Å². The molecule has 4 saturated carbocycles. The zero-order valence-electron chi connectivity index (χ0n) is 15.3. The highest BCUT2D eigenvalue weighted by molar-refractivity contribution is 5.78. The van der Waals surface area contributed by atoms with E-state index in [0.29, 0.717) is 5.91 Å². The molecule has 0 spiro atoms. The van der Waals surface area contributed by atoms with E-state index in [2.05, 4.69) is 35.2 Å². The highest BCUT2D eigenvalue weighted by atomic mass is 16.2. The molecule has 1 aromatic carbocycles. The standard InChI is InChI=1S/C23H31NO/c25-22(24-9-5-2-6-10-24)16-23(19-7-3-1-4-8-19)20-12-17-11-18(14-20)15-21(23)13-17/h1,3-4,7-8,17-18,20-21H,2,5-6,9-16H2. The lowest BCUT2D eigenvalue weighted by Gasteiger charge is -2.61. The lowest BCUT2D eigenvalue weighted by molar-refractivity contribution is -0.139. The Balaban J connectivity index is 1.50. The van der Waals surface area contributed by atoms with Crippen molar-refractivity contribution >= 4 is 5.91 Å². The molecule has 1 aliphatic heterocycles. The summed E-state index contributed by atoms with van der Waals surface area (Å²) in [6, 6.07) is 11.2. The van der Waals surface area contributed by atoms with Crippen molar-refractivity contribution in [2.45, 2.75) is 63.2 Å². The van der Waals surface area contributed by atoms with Crippen molar-refractivity contribution in [1.29, 1.82) is 0 Å². The first-order valence-corrected chi connectivity index (χ1v) is 10.6. The van der Waals surface area contributed by atoms with Crippen molar-refractivity contribution in [3.63, 3.8) is 0 Å². The van der Waals surface area contributed by atoms with Gasteiger partial charge in [-0.1, -0.05) is 30.3 Å². The van der Waals surface area contributed by atoms with Gasteiger partial charge in [-0.2, -0.15) is 0 Å². The van der Waals surface area contributed by atoms with Crippen LogP contribution >= 0.6 is 0 Å². The molecule has 2 heteroatoms. The maximum atomic E-state index is 13.3. The third-order valence-electron chi connectivity index (χ3n) is 8.06. The lowest BCUT2D eigenvalue weighted by atomic mass is 9.43. The van der Waals surface area contributed by atoms with Gasteiger partial charge in [-0.15, -0.1) is 0 Å². The van der Waals surface area contributed by atoms with E-state index < -0.39 is 0 Å². The van der Waals surface area contributed by atoms with Crippen molar-refractivity contribution in [3.05, 3.63) is 35.9 Å². The van der Waals surface area contributed by atoms with Crippen LogP contribution in [-0.2, 0) is 10.2 Å². The second kappa shape index (κ2) is 6.14. The van der Waals surface area contributed by atoms with Crippen LogP contribution in [-0.4, -0.2) is 23.9 Å². The third kappa shape index (κ3) is 2.55. The Morgan fingerprint density at radius 3 is 2.08 bits per heavy atom. The molecule has 1 saturated heterocycles. The molecule has 0 aromatic heterocycles. The molecule has 1 aromatic rings. The summed E-state index contributed by atoms with van der Waals surface area (Å²) >= 11 is 0. The van der Waals surface area contributed by atoms with Crippen molar-refractivity contribution in [3.8, 4) is 0 Å². The summed E-state index contributed by atoms with van der Waals surface area (Å²) < 4.78 is 0. The molecular formula is C23H31NO. The first kappa shape index (κ1) is 15.9. The maximum absolute atomic E-state index is 13.3. The fourth-order valence-electron chi connectivity index (χ4n) is 7.14. The lowest BCUT2D eigenvalue weighted by Crippen LogP contribution is -2.57. The van der Waals surface area contributed by atoms with Gasteiger partial charge in [0, 0.05) is 24.9 Å². The fourth-order valence-corrected chi connectivity index (χ4v) is 7.14. The Kier molecular flexibility index (Phi) is 3.91. The van der Waals surface area contributed by atoms with Gasteiger partial charge in [0.25, 0.3) is 0 Å². The number of benzene rings is 1. The van der Waals surface area contributed by atoms with Gasteiger partial charge in [0.05, 0.1) is 0 Å². The number of piperidine rings is 1. The van der Waals surface area contributed by atoms with Gasteiger partial charge in [-0.3, -0.25) is 4.79 Å². The monoisotopic (exact) mass is 337 g/mol. The van der Waals surface area contributed by atoms with Gasteiger partial charge in [0.1, 0.15) is 0 Å². The Hall–Kier alpha value is -1.31. The summed E-state index contributed by atoms with van der Waals surface area (Å²) in [6.45, 7) is 1.98. The molecule has 25 heavy (non-hydrogen) atoms. The van der Waals surface area contributed by atoms with Gasteiger partial charge in [-0.25, -0.2) is 0 Å². The quantitative estimate of drug-likeness (QED) is 0.777. The number of carbonyl (C=O) groups is 1. The van der Waals surface area contributed by atoms with Crippen LogP contribution < -0.4 is 0 Å². The Morgan fingerprint density at radius 1 is 0.880 bits per heavy atom. The molecule has 2 nitrogen and oxygen atoms in total. The topological polar surface area (TPSA) is 20.3 Å². The van der Waals surface area contributed by atoms with Crippen LogP contribution in [0.15, 0.2) is 30.3 Å². The van der Waals surface area contributed by atoms with Crippen LogP contribution in [0.3, 0.4) is 0 Å². The van der Waals surface area contributed by atoms with Crippen LogP contribution in [0.5, 0.6) is 0 Å². The van der Waals surface area contributed by atoms with E-state index in [-0.39, 0.29) is 5.41 Å². The Labute approximate surface area is 152 Å². The van der Waals surface area contributed by atoms with Crippen LogP contribution in [0.2, 0.25) is 0 Å². The normalized spacial score (nSPS) is 39.6. The molecule has 5 fully saturated rings. The summed E-state index contributed by atoms with van der Waals surface area (Å²) in [5, 5.41) is 0. The number of hydrogen-bond acceptors (Lipinski definition) is 1. The van der Waals surface area contributed by atoms with Crippen molar-refractivity contribution in [1.82, 2.24) is 4.90 Å². The minimum Gasteiger partial charge on any atom is -0.343 e. The van der Waals surface area contributed by atoms with Crippen molar-refractivity contribution < 1.29 is 4.79 Å². The second-order valence-electron chi connectivity index (χ2n) is 9.33. The molecule has 0 radical (unpaired) electrons. The molecule has 4 aliphatic carbocycles. The van der Waals surface area contributed by atoms with Gasteiger partial charge in [0.15, 0.2) is 0 Å². The summed E-state index contributed by atoms with van der Waals surface area (Å²) in [6.07, 6.45) is 11.4. The minimum absolute atomic E-state index is 0.128. The number of rotatable bonds is 3. The summed E-state index contributed by atoms with van der Waals surface area (Å²) in [4.78, 5) is 15.5. The minimum atomic E-state index is 0.128. The van der Waals surface area contributed by atoms with E-state index in [4.69, 9.17) is 0 Å². The van der Waals surface area contributed by atoms with E-state index in [1.807, 2.05) is 0 Å². The first-order valence-electron chi connectivity index (χ1n) is 10.6. The molecule has 0 N–H and O–H groups in total. The summed E-state index contributed by atoms with van der Waals surface area (Å²) in [7, 11) is 0. The highest BCUT2D eigenvalue weighted by Gasteiger charge is 2.58. The average molecular weight is 338 g/mol. The summed E-state index contributed by atoms with van der Waals surface area (Å²) in [5.74, 6) is 3.81. The predicted molar refractivity (Wildman–Crippen MR) is 100 cm³/mol. The molecule has 4 bridgehead atoms. The van der Waals surface area contributed by atoms with Crippen LogP contribution in [0, 0.1) is 23.7 Å². The highest BCUT2D eigenvalue weighted by Crippen LogP contribution is 2.64. The van der Waals surface area contributed by atoms with E-state index in [9.17, 15) is 4.79 Å². The zero-order chi connectivity index (χ0) is 16.9. The van der Waals surface area contributed by atoms with E-state index in [1.165, 1.54) is 56.9 Å². The second-order valence-corrected chi connectivity index (χ2v) is 9.33. The number of carbonyl (C=O) groups excluding carboxylic acids is 1. The van der Waals surface area contributed by atoms with E-state index >= 15 is 0 Å². The third-order valence-corrected chi connectivity index (χ3v) is 8.06. The first-order chi connectivity index (χ1) is 12.3. The molecule has 5 aliphatic rings.